The SMILES string of the molecule is O=C(O)CNC(=O)c1sccc1S(=O)(=O)C(F)F. The fraction of sp³-hybridized carbons (Fsp3) is 0.250. The Morgan fingerprint density at radius 2 is 2.06 bits per heavy atom. The molecule has 6 nitrogen and oxygen atoms in total. The van der Waals surface area contributed by atoms with E-state index >= 15 is 0 Å². The summed E-state index contributed by atoms with van der Waals surface area (Å²) >= 11 is 0.636. The van der Waals surface area contributed by atoms with Gasteiger partial charge in [0.1, 0.15) is 11.4 Å². The molecule has 100 valence electrons. The number of thiophene rings is 1. The highest BCUT2D eigenvalue weighted by atomic mass is 32.2. The molecule has 18 heavy (non-hydrogen) atoms. The Morgan fingerprint density at radius 3 is 2.56 bits per heavy atom. The molecule has 10 heteroatoms. The molecule has 0 radical (unpaired) electrons. The number of hydrogen-bond acceptors (Lipinski definition) is 5. The lowest BCUT2D eigenvalue weighted by Crippen LogP contribution is -2.29. The predicted octanol–water partition coefficient (Wildman–Crippen LogP) is 0.559. The molecule has 0 unspecified atom stereocenters. The summed E-state index contributed by atoms with van der Waals surface area (Å²) in [5, 5.41) is 11.4. The van der Waals surface area contributed by atoms with Gasteiger partial charge in [-0.3, -0.25) is 9.59 Å². The van der Waals surface area contributed by atoms with Crippen LogP contribution in [0.15, 0.2) is 16.3 Å². The monoisotopic (exact) mass is 299 g/mol. The number of amides is 1. The molecule has 0 aliphatic carbocycles. The van der Waals surface area contributed by atoms with Crippen molar-refractivity contribution in [1.82, 2.24) is 5.32 Å². The molecule has 1 amide bonds. The molecule has 1 rings (SSSR count). The number of halogens is 2. The largest absolute Gasteiger partial charge is 0.480 e. The topological polar surface area (TPSA) is 101 Å². The number of carboxylic acid groups (broad SMARTS) is 1. The van der Waals surface area contributed by atoms with E-state index in [0.717, 1.165) is 11.4 Å². The lowest BCUT2D eigenvalue weighted by molar-refractivity contribution is -0.135. The van der Waals surface area contributed by atoms with Crippen molar-refractivity contribution >= 4 is 33.1 Å². The van der Waals surface area contributed by atoms with Gasteiger partial charge >= 0.3 is 11.7 Å². The maximum atomic E-state index is 12.3. The van der Waals surface area contributed by atoms with Gasteiger partial charge < -0.3 is 10.4 Å². The third-order valence-corrected chi connectivity index (χ3v) is 4.24. The zero-order valence-electron chi connectivity index (χ0n) is 8.59. The maximum absolute atomic E-state index is 12.3. The van der Waals surface area contributed by atoms with E-state index in [0.29, 0.717) is 11.3 Å². The summed E-state index contributed by atoms with van der Waals surface area (Å²) in [5.74, 6) is -6.00. The third-order valence-electron chi connectivity index (χ3n) is 1.78. The summed E-state index contributed by atoms with van der Waals surface area (Å²) in [7, 11) is -4.88. The molecule has 0 spiro atoms. The molecule has 1 aromatic heterocycles. The van der Waals surface area contributed by atoms with Crippen LogP contribution in [0.4, 0.5) is 8.78 Å². The van der Waals surface area contributed by atoms with Gasteiger partial charge in [-0.2, -0.15) is 8.78 Å². The number of hydrogen-bond donors (Lipinski definition) is 2. The first kappa shape index (κ1) is 14.5. The molecule has 0 bridgehead atoms. The van der Waals surface area contributed by atoms with Crippen molar-refractivity contribution < 1.29 is 31.9 Å². The minimum atomic E-state index is -4.88. The minimum Gasteiger partial charge on any atom is -0.480 e. The van der Waals surface area contributed by atoms with E-state index in [-0.39, 0.29) is 0 Å². The van der Waals surface area contributed by atoms with Gasteiger partial charge in [-0.25, -0.2) is 8.42 Å². The van der Waals surface area contributed by atoms with E-state index in [1.165, 1.54) is 0 Å². The summed E-state index contributed by atoms with van der Waals surface area (Å²) in [6.07, 6.45) is 0. The Bertz CT molecular complexity index is 566. The summed E-state index contributed by atoms with van der Waals surface area (Å²) in [4.78, 5) is 20.4. The molecular formula is C8H7F2NO5S2. The van der Waals surface area contributed by atoms with Gasteiger partial charge in [0.2, 0.25) is 9.84 Å². The standard InChI is InChI=1S/C8H7F2NO5S2/c9-8(10)18(15,16)4-1-2-17-6(4)7(14)11-3-5(12)13/h1-2,8H,3H2,(H,11,14)(H,12,13). The molecule has 0 saturated heterocycles. The van der Waals surface area contributed by atoms with Gasteiger partial charge in [-0.05, 0) is 11.4 Å². The highest BCUT2D eigenvalue weighted by Crippen LogP contribution is 2.26. The average Bonchev–Trinajstić information content (AvgIpc) is 2.74. The van der Waals surface area contributed by atoms with Crippen LogP contribution < -0.4 is 5.32 Å². The van der Waals surface area contributed by atoms with Gasteiger partial charge in [0.15, 0.2) is 0 Å². The van der Waals surface area contributed by atoms with Crippen LogP contribution >= 0.6 is 11.3 Å². The van der Waals surface area contributed by atoms with Crippen molar-refractivity contribution in [2.75, 3.05) is 6.54 Å². The Morgan fingerprint density at radius 1 is 1.44 bits per heavy atom. The molecule has 0 aromatic carbocycles. The number of sulfone groups is 1. The molecule has 1 aromatic rings. The molecular weight excluding hydrogens is 292 g/mol. The van der Waals surface area contributed by atoms with E-state index < -0.39 is 43.8 Å². The summed E-state index contributed by atoms with van der Waals surface area (Å²) < 4.78 is 47.1. The quantitative estimate of drug-likeness (QED) is 0.827. The van der Waals surface area contributed by atoms with Gasteiger partial charge in [-0.15, -0.1) is 11.3 Å². The van der Waals surface area contributed by atoms with Crippen LogP contribution in [0.25, 0.3) is 0 Å². The number of rotatable bonds is 5. The lowest BCUT2D eigenvalue weighted by Gasteiger charge is -2.04. The minimum absolute atomic E-state index is 0.462. The van der Waals surface area contributed by atoms with E-state index in [2.05, 4.69) is 0 Å². The first-order valence-electron chi connectivity index (χ1n) is 4.36. The van der Waals surface area contributed by atoms with Gasteiger partial charge in [0.05, 0.1) is 4.90 Å². The zero-order chi connectivity index (χ0) is 13.9. The first-order chi connectivity index (χ1) is 8.26. The van der Waals surface area contributed by atoms with Crippen LogP contribution in [0, 0.1) is 0 Å². The maximum Gasteiger partial charge on any atom is 0.341 e. The number of carbonyl (C=O) groups excluding carboxylic acids is 1. The van der Waals surface area contributed by atoms with Gasteiger partial charge in [0.25, 0.3) is 5.91 Å². The first-order valence-corrected chi connectivity index (χ1v) is 6.79. The Balaban J connectivity index is 3.03. The van der Waals surface area contributed by atoms with Crippen LogP contribution in [0.1, 0.15) is 9.67 Å². The van der Waals surface area contributed by atoms with Crippen LogP contribution in [0.5, 0.6) is 0 Å². The Kier molecular flexibility index (Phi) is 4.35. The summed E-state index contributed by atoms with van der Waals surface area (Å²) in [6, 6.07) is 0.877. The highest BCUT2D eigenvalue weighted by Gasteiger charge is 2.32. The fourth-order valence-electron chi connectivity index (χ4n) is 1.02. The molecule has 0 atom stereocenters. The van der Waals surface area contributed by atoms with Crippen LogP contribution in [-0.4, -0.2) is 37.7 Å². The third kappa shape index (κ3) is 3.01. The summed E-state index contributed by atoms with van der Waals surface area (Å²) in [6.45, 7) is -0.731. The van der Waals surface area contributed by atoms with Crippen molar-refractivity contribution in [2.24, 2.45) is 0 Å². The number of carboxylic acids is 1. The van der Waals surface area contributed by atoms with E-state index in [4.69, 9.17) is 5.11 Å². The van der Waals surface area contributed by atoms with Crippen LogP contribution in [0.2, 0.25) is 0 Å². The number of carbonyl (C=O) groups is 2. The van der Waals surface area contributed by atoms with Crippen LogP contribution in [0.3, 0.4) is 0 Å². The molecule has 0 aliphatic rings. The van der Waals surface area contributed by atoms with Crippen molar-refractivity contribution in [3.63, 3.8) is 0 Å². The second-order valence-corrected chi connectivity index (χ2v) is 5.80. The molecule has 0 aliphatic heterocycles. The van der Waals surface area contributed by atoms with Crippen molar-refractivity contribution in [2.45, 2.75) is 10.7 Å². The fourth-order valence-corrected chi connectivity index (χ4v) is 3.10. The molecule has 0 saturated carbocycles. The van der Waals surface area contributed by atoms with Crippen molar-refractivity contribution in [3.05, 3.63) is 16.3 Å². The zero-order valence-corrected chi connectivity index (χ0v) is 10.2. The normalized spacial score (nSPS) is 11.5. The Hall–Kier alpha value is -1.55. The number of aliphatic carboxylic acids is 1. The second kappa shape index (κ2) is 5.40. The number of alkyl halides is 2. The smallest absolute Gasteiger partial charge is 0.341 e. The summed E-state index contributed by atoms with van der Waals surface area (Å²) in [5.41, 5.74) is 0. The van der Waals surface area contributed by atoms with E-state index in [9.17, 15) is 26.8 Å². The highest BCUT2D eigenvalue weighted by molar-refractivity contribution is 7.92. The number of nitrogens with one attached hydrogen (secondary N) is 1. The molecule has 2 N–H and O–H groups in total. The van der Waals surface area contributed by atoms with E-state index in [1.807, 2.05) is 5.32 Å². The Labute approximate surface area is 104 Å². The predicted molar refractivity (Wildman–Crippen MR) is 57.5 cm³/mol. The average molecular weight is 299 g/mol. The molecule has 0 fully saturated rings. The lowest BCUT2D eigenvalue weighted by atomic mass is 10.4. The second-order valence-electron chi connectivity index (χ2n) is 3.00. The van der Waals surface area contributed by atoms with Crippen molar-refractivity contribution in [1.29, 1.82) is 0 Å². The van der Waals surface area contributed by atoms with Gasteiger partial charge in [-0.1, -0.05) is 0 Å². The molecule has 1 heterocycles. The van der Waals surface area contributed by atoms with Crippen LogP contribution in [-0.2, 0) is 14.6 Å². The van der Waals surface area contributed by atoms with Gasteiger partial charge in [0, 0.05) is 0 Å². The van der Waals surface area contributed by atoms with Crippen molar-refractivity contribution in [3.8, 4) is 0 Å². The van der Waals surface area contributed by atoms with E-state index in [1.54, 1.807) is 0 Å².